The molecule has 1 amide bonds. The summed E-state index contributed by atoms with van der Waals surface area (Å²) < 4.78 is 38.0. The Morgan fingerprint density at radius 2 is 1.76 bits per heavy atom. The molecule has 5 nitrogen and oxygen atoms in total. The van der Waals surface area contributed by atoms with E-state index in [0.717, 1.165) is 57.0 Å². The fraction of sp³-hybridized carbons (Fsp3) is 0.370. The molecule has 0 radical (unpaired) electrons. The van der Waals surface area contributed by atoms with E-state index in [-0.39, 0.29) is 16.9 Å². The smallest absolute Gasteiger partial charge is 0.270 e. The molecule has 7 heteroatoms. The summed E-state index contributed by atoms with van der Waals surface area (Å²) in [6, 6.07) is 17.1. The van der Waals surface area contributed by atoms with Gasteiger partial charge in [0.25, 0.3) is 11.8 Å². The van der Waals surface area contributed by atoms with Crippen LogP contribution in [0, 0.1) is 5.41 Å². The Balaban J connectivity index is 1.26. The molecule has 0 aromatic heterocycles. The Morgan fingerprint density at radius 1 is 1.03 bits per heavy atom. The quantitative estimate of drug-likeness (QED) is 0.483. The number of methoxy groups -OCH3 is 1. The number of halogens is 2. The highest BCUT2D eigenvalue weighted by atomic mass is 19.3. The Morgan fingerprint density at radius 3 is 2.44 bits per heavy atom. The number of rotatable bonds is 7. The van der Waals surface area contributed by atoms with Crippen molar-refractivity contribution in [2.24, 2.45) is 5.41 Å². The van der Waals surface area contributed by atoms with Crippen molar-refractivity contribution in [1.29, 1.82) is 0 Å². The number of nitrogens with zero attached hydrogens (tertiary/aromatic N) is 2. The van der Waals surface area contributed by atoms with Crippen LogP contribution >= 0.6 is 0 Å². The third-order valence-corrected chi connectivity index (χ3v) is 6.75. The van der Waals surface area contributed by atoms with E-state index in [1.807, 2.05) is 41.3 Å². The monoisotopic (exact) mass is 466 g/mol. The van der Waals surface area contributed by atoms with Crippen LogP contribution in [0.1, 0.15) is 22.8 Å². The molecule has 3 aromatic rings. The molecule has 34 heavy (non-hydrogen) atoms. The summed E-state index contributed by atoms with van der Waals surface area (Å²) >= 11 is 0. The molecule has 178 valence electrons. The van der Waals surface area contributed by atoms with Gasteiger partial charge in [-0.2, -0.15) is 0 Å². The summed E-state index contributed by atoms with van der Waals surface area (Å²) in [5, 5.41) is 1.75. The molecule has 1 spiro atoms. The van der Waals surface area contributed by atoms with Crippen molar-refractivity contribution in [1.82, 2.24) is 9.80 Å². The predicted molar refractivity (Wildman–Crippen MR) is 127 cm³/mol. The first-order valence-electron chi connectivity index (χ1n) is 11.5. The molecule has 0 aliphatic carbocycles. The van der Waals surface area contributed by atoms with Crippen LogP contribution in [-0.4, -0.2) is 62.1 Å². The van der Waals surface area contributed by atoms with E-state index in [4.69, 9.17) is 9.47 Å². The Labute approximate surface area is 197 Å². The molecular weight excluding hydrogens is 438 g/mol. The van der Waals surface area contributed by atoms with Gasteiger partial charge >= 0.3 is 0 Å². The molecule has 5 rings (SSSR count). The summed E-state index contributed by atoms with van der Waals surface area (Å²) in [5.74, 6) is -1.75. The minimum Gasteiger partial charge on any atom is -0.457 e. The molecule has 2 fully saturated rings. The highest BCUT2D eigenvalue weighted by Crippen LogP contribution is 2.40. The number of likely N-dealkylation sites (tertiary alicyclic amines) is 2. The van der Waals surface area contributed by atoms with E-state index in [0.29, 0.717) is 17.1 Å². The molecule has 0 unspecified atom stereocenters. The van der Waals surface area contributed by atoms with Crippen LogP contribution in [0.2, 0.25) is 0 Å². The number of alkyl halides is 2. The van der Waals surface area contributed by atoms with Gasteiger partial charge in [0.15, 0.2) is 0 Å². The second kappa shape index (κ2) is 8.64. The SMILES string of the molecule is COCCN1CC2(C1)CN(C(=O)c1ccc3c(Oc4ccc(C(C)(F)F)cc4)cccc3c1)C2. The van der Waals surface area contributed by atoms with E-state index >= 15 is 0 Å². The molecule has 2 aliphatic heterocycles. The van der Waals surface area contributed by atoms with Crippen LogP contribution in [0.4, 0.5) is 8.78 Å². The summed E-state index contributed by atoms with van der Waals surface area (Å²) in [4.78, 5) is 17.3. The third-order valence-electron chi connectivity index (χ3n) is 6.75. The van der Waals surface area contributed by atoms with E-state index in [1.54, 1.807) is 19.2 Å². The van der Waals surface area contributed by atoms with Crippen LogP contribution < -0.4 is 4.74 Å². The summed E-state index contributed by atoms with van der Waals surface area (Å²) in [5.41, 5.74) is 0.848. The van der Waals surface area contributed by atoms with Crippen molar-refractivity contribution in [2.75, 3.05) is 46.4 Å². The second-order valence-electron chi connectivity index (χ2n) is 9.57. The van der Waals surface area contributed by atoms with Gasteiger partial charge in [0.1, 0.15) is 11.5 Å². The maximum Gasteiger partial charge on any atom is 0.270 e. The zero-order valence-corrected chi connectivity index (χ0v) is 19.4. The standard InChI is InChI=1S/C27H28F2N2O3/c1-26(28,29)21-7-9-22(10-8-21)34-24-5-3-4-19-14-20(6-11-23(19)24)25(32)31-17-27(18-31)15-30(16-27)12-13-33-2/h3-11,14H,12-13,15-18H2,1-2H3. The Hall–Kier alpha value is -3.03. The number of ether oxygens (including phenoxy) is 2. The van der Waals surface area contributed by atoms with Gasteiger partial charge in [-0.1, -0.05) is 12.1 Å². The largest absolute Gasteiger partial charge is 0.457 e. The van der Waals surface area contributed by atoms with Crippen LogP contribution in [0.15, 0.2) is 60.7 Å². The van der Waals surface area contributed by atoms with Crippen molar-refractivity contribution >= 4 is 16.7 Å². The van der Waals surface area contributed by atoms with Gasteiger partial charge in [0.05, 0.1) is 6.61 Å². The van der Waals surface area contributed by atoms with Crippen molar-refractivity contribution in [3.63, 3.8) is 0 Å². The highest BCUT2D eigenvalue weighted by Gasteiger charge is 2.52. The van der Waals surface area contributed by atoms with E-state index < -0.39 is 5.92 Å². The number of hydrogen-bond acceptors (Lipinski definition) is 4. The van der Waals surface area contributed by atoms with Crippen molar-refractivity contribution in [3.8, 4) is 11.5 Å². The first kappa shape index (κ1) is 22.7. The summed E-state index contributed by atoms with van der Waals surface area (Å²) in [6.07, 6.45) is 0. The fourth-order valence-corrected chi connectivity index (χ4v) is 4.99. The molecule has 3 aromatic carbocycles. The molecule has 0 saturated carbocycles. The number of fused-ring (bicyclic) bond motifs is 1. The Kier molecular flexibility index (Phi) is 5.78. The van der Waals surface area contributed by atoms with Gasteiger partial charge < -0.3 is 14.4 Å². The van der Waals surface area contributed by atoms with Gasteiger partial charge in [-0.3, -0.25) is 9.69 Å². The average molecular weight is 467 g/mol. The predicted octanol–water partition coefficient (Wildman–Crippen LogP) is 5.15. The molecule has 2 saturated heterocycles. The summed E-state index contributed by atoms with van der Waals surface area (Å²) in [6.45, 7) is 6.19. The number of benzene rings is 3. The second-order valence-corrected chi connectivity index (χ2v) is 9.57. The van der Waals surface area contributed by atoms with Crippen LogP contribution in [0.25, 0.3) is 10.8 Å². The average Bonchev–Trinajstić information content (AvgIpc) is 2.76. The minimum atomic E-state index is -2.89. The molecule has 2 heterocycles. The first-order valence-corrected chi connectivity index (χ1v) is 11.5. The number of amides is 1. The fourth-order valence-electron chi connectivity index (χ4n) is 4.99. The molecule has 0 bridgehead atoms. The summed E-state index contributed by atoms with van der Waals surface area (Å²) in [7, 11) is 1.71. The van der Waals surface area contributed by atoms with Crippen molar-refractivity contribution in [3.05, 3.63) is 71.8 Å². The van der Waals surface area contributed by atoms with Crippen molar-refractivity contribution in [2.45, 2.75) is 12.8 Å². The zero-order valence-electron chi connectivity index (χ0n) is 19.4. The topological polar surface area (TPSA) is 42.0 Å². The lowest BCUT2D eigenvalue weighted by Gasteiger charge is -2.60. The van der Waals surface area contributed by atoms with Crippen LogP contribution in [0.3, 0.4) is 0 Å². The number of carbonyl (C=O) groups excluding carboxylic acids is 1. The lowest BCUT2D eigenvalue weighted by Crippen LogP contribution is -2.73. The zero-order chi connectivity index (χ0) is 23.9. The van der Waals surface area contributed by atoms with Crippen LogP contribution in [-0.2, 0) is 10.7 Å². The van der Waals surface area contributed by atoms with Crippen molar-refractivity contribution < 1.29 is 23.0 Å². The Bertz CT molecular complexity index is 1190. The molecule has 0 atom stereocenters. The molecule has 2 aliphatic rings. The minimum absolute atomic E-state index is 0.0465. The maximum atomic E-state index is 13.5. The van der Waals surface area contributed by atoms with Gasteiger partial charge in [0.2, 0.25) is 0 Å². The lowest BCUT2D eigenvalue weighted by atomic mass is 9.72. The van der Waals surface area contributed by atoms with Gasteiger partial charge in [-0.15, -0.1) is 0 Å². The third kappa shape index (κ3) is 4.38. The van der Waals surface area contributed by atoms with E-state index in [9.17, 15) is 13.6 Å². The number of carbonyl (C=O) groups is 1. The molecule has 0 N–H and O–H groups in total. The van der Waals surface area contributed by atoms with Gasteiger partial charge in [-0.25, -0.2) is 8.78 Å². The van der Waals surface area contributed by atoms with E-state index in [2.05, 4.69) is 4.90 Å². The first-order chi connectivity index (χ1) is 16.3. The maximum absolute atomic E-state index is 13.5. The van der Waals surface area contributed by atoms with Gasteiger partial charge in [0, 0.05) is 68.7 Å². The number of hydrogen-bond donors (Lipinski definition) is 0. The van der Waals surface area contributed by atoms with Gasteiger partial charge in [-0.05, 0) is 53.9 Å². The lowest BCUT2D eigenvalue weighted by molar-refractivity contribution is -0.102. The van der Waals surface area contributed by atoms with Crippen LogP contribution in [0.5, 0.6) is 11.5 Å². The molecular formula is C27H28F2N2O3. The highest BCUT2D eigenvalue weighted by molar-refractivity contribution is 6.00. The van der Waals surface area contributed by atoms with E-state index in [1.165, 1.54) is 12.1 Å². The normalized spacial score (nSPS) is 17.5.